The van der Waals surface area contributed by atoms with E-state index in [9.17, 15) is 4.79 Å². The molecule has 5 heteroatoms. The standard InChI is InChI=1S/C20H23N3OS/c1-2-22-12-5-7-16(22)14-21-20(24)18-9-10-19(25-18)23-13-11-15-6-3-4-8-17(15)23/h3-4,6,8-11,13,16H,2,5,7,12,14H2,1H3,(H,21,24)/t16-/m1/s1. The molecule has 1 aromatic carbocycles. The summed E-state index contributed by atoms with van der Waals surface area (Å²) in [6.45, 7) is 5.14. The number of para-hydroxylation sites is 1. The van der Waals surface area contributed by atoms with E-state index in [1.165, 1.54) is 35.1 Å². The van der Waals surface area contributed by atoms with Crippen LogP contribution in [0.25, 0.3) is 15.9 Å². The molecule has 1 amide bonds. The molecule has 0 spiro atoms. The fourth-order valence-corrected chi connectivity index (χ4v) is 4.61. The highest BCUT2D eigenvalue weighted by atomic mass is 32.1. The number of carbonyl (C=O) groups is 1. The first kappa shape index (κ1) is 16.4. The van der Waals surface area contributed by atoms with Crippen LogP contribution >= 0.6 is 11.3 Å². The van der Waals surface area contributed by atoms with Crippen molar-refractivity contribution in [3.8, 4) is 5.00 Å². The smallest absolute Gasteiger partial charge is 0.261 e. The first-order valence-electron chi connectivity index (χ1n) is 8.95. The van der Waals surface area contributed by atoms with E-state index in [2.05, 4.69) is 46.1 Å². The first-order chi connectivity index (χ1) is 12.3. The maximum absolute atomic E-state index is 12.5. The van der Waals surface area contributed by atoms with E-state index >= 15 is 0 Å². The summed E-state index contributed by atoms with van der Waals surface area (Å²) < 4.78 is 2.15. The Labute approximate surface area is 152 Å². The molecule has 0 aliphatic carbocycles. The Hall–Kier alpha value is -2.11. The van der Waals surface area contributed by atoms with Crippen LogP contribution in [-0.2, 0) is 0 Å². The monoisotopic (exact) mass is 353 g/mol. The fourth-order valence-electron chi connectivity index (χ4n) is 3.69. The second-order valence-electron chi connectivity index (χ2n) is 6.52. The van der Waals surface area contributed by atoms with Gasteiger partial charge < -0.3 is 9.88 Å². The molecule has 2 aromatic heterocycles. The van der Waals surface area contributed by atoms with E-state index in [0.717, 1.165) is 29.5 Å². The number of carbonyl (C=O) groups excluding carboxylic acids is 1. The van der Waals surface area contributed by atoms with E-state index in [1.54, 1.807) is 0 Å². The summed E-state index contributed by atoms with van der Waals surface area (Å²) in [5.41, 5.74) is 1.17. The third-order valence-corrected chi connectivity index (χ3v) is 6.14. The van der Waals surface area contributed by atoms with Crippen molar-refractivity contribution in [1.82, 2.24) is 14.8 Å². The molecule has 3 aromatic rings. The summed E-state index contributed by atoms with van der Waals surface area (Å²) in [5.74, 6) is 0.0377. The molecule has 1 saturated heterocycles. The van der Waals surface area contributed by atoms with E-state index in [0.29, 0.717) is 6.04 Å². The Kier molecular flexibility index (Phi) is 4.59. The number of likely N-dealkylation sites (N-methyl/N-ethyl adjacent to an activating group) is 1. The molecule has 0 unspecified atom stereocenters. The molecule has 1 aliphatic heterocycles. The van der Waals surface area contributed by atoms with Gasteiger partial charge in [-0.25, -0.2) is 0 Å². The lowest BCUT2D eigenvalue weighted by molar-refractivity contribution is 0.0945. The molecule has 4 rings (SSSR count). The molecule has 1 aliphatic rings. The van der Waals surface area contributed by atoms with E-state index in [-0.39, 0.29) is 5.91 Å². The number of nitrogens with one attached hydrogen (secondary N) is 1. The van der Waals surface area contributed by atoms with Gasteiger partial charge in [-0.2, -0.15) is 0 Å². The second kappa shape index (κ2) is 7.02. The van der Waals surface area contributed by atoms with Crippen molar-refractivity contribution >= 4 is 28.1 Å². The van der Waals surface area contributed by atoms with Crippen LogP contribution in [-0.4, -0.2) is 41.1 Å². The lowest BCUT2D eigenvalue weighted by atomic mass is 10.2. The topological polar surface area (TPSA) is 37.3 Å². The summed E-state index contributed by atoms with van der Waals surface area (Å²) in [7, 11) is 0. The predicted octanol–water partition coefficient (Wildman–Crippen LogP) is 3.91. The number of hydrogen-bond acceptors (Lipinski definition) is 3. The highest BCUT2D eigenvalue weighted by Crippen LogP contribution is 2.26. The molecule has 3 heterocycles. The number of thiophene rings is 1. The van der Waals surface area contributed by atoms with Gasteiger partial charge in [-0.3, -0.25) is 9.69 Å². The predicted molar refractivity (Wildman–Crippen MR) is 104 cm³/mol. The van der Waals surface area contributed by atoms with Crippen molar-refractivity contribution in [3.05, 3.63) is 53.5 Å². The average Bonchev–Trinajstić information content (AvgIpc) is 3.37. The first-order valence-corrected chi connectivity index (χ1v) is 9.76. The lowest BCUT2D eigenvalue weighted by Crippen LogP contribution is -2.39. The van der Waals surface area contributed by atoms with Gasteiger partial charge in [0, 0.05) is 18.8 Å². The highest BCUT2D eigenvalue weighted by Gasteiger charge is 2.23. The number of aromatic nitrogens is 1. The van der Waals surface area contributed by atoms with Gasteiger partial charge in [-0.05, 0) is 55.6 Å². The number of rotatable bonds is 5. The number of hydrogen-bond donors (Lipinski definition) is 1. The third kappa shape index (κ3) is 3.22. The molecule has 130 valence electrons. The minimum atomic E-state index is 0.0377. The molecule has 4 nitrogen and oxygen atoms in total. The van der Waals surface area contributed by atoms with Crippen LogP contribution in [0.15, 0.2) is 48.7 Å². The van der Waals surface area contributed by atoms with Gasteiger partial charge in [0.05, 0.1) is 10.4 Å². The van der Waals surface area contributed by atoms with Gasteiger partial charge in [0.25, 0.3) is 5.91 Å². The van der Waals surface area contributed by atoms with Crippen molar-refractivity contribution in [2.24, 2.45) is 0 Å². The SMILES string of the molecule is CCN1CCC[C@@H]1CNC(=O)c1ccc(-n2ccc3ccccc32)s1. The number of fused-ring (bicyclic) bond motifs is 1. The van der Waals surface area contributed by atoms with Crippen LogP contribution in [0, 0.1) is 0 Å². The number of amides is 1. The summed E-state index contributed by atoms with van der Waals surface area (Å²) >= 11 is 1.54. The van der Waals surface area contributed by atoms with Crippen molar-refractivity contribution < 1.29 is 4.79 Å². The second-order valence-corrected chi connectivity index (χ2v) is 7.58. The van der Waals surface area contributed by atoms with Gasteiger partial charge in [0.15, 0.2) is 0 Å². The largest absolute Gasteiger partial charge is 0.350 e. The van der Waals surface area contributed by atoms with Gasteiger partial charge in [0.1, 0.15) is 5.00 Å². The Morgan fingerprint density at radius 3 is 3.00 bits per heavy atom. The molecule has 1 fully saturated rings. The summed E-state index contributed by atoms with van der Waals surface area (Å²) in [4.78, 5) is 15.7. The van der Waals surface area contributed by atoms with Crippen LogP contribution in [0.3, 0.4) is 0 Å². The highest BCUT2D eigenvalue weighted by molar-refractivity contribution is 7.16. The fraction of sp³-hybridized carbons (Fsp3) is 0.350. The number of likely N-dealkylation sites (tertiary alicyclic amines) is 1. The van der Waals surface area contributed by atoms with Crippen molar-refractivity contribution in [2.45, 2.75) is 25.8 Å². The van der Waals surface area contributed by atoms with Gasteiger partial charge in [0.2, 0.25) is 0 Å². The quantitative estimate of drug-likeness (QED) is 0.755. The molecule has 0 saturated carbocycles. The van der Waals surface area contributed by atoms with Gasteiger partial charge in [-0.1, -0.05) is 25.1 Å². The van der Waals surface area contributed by atoms with Crippen LogP contribution < -0.4 is 5.32 Å². The van der Waals surface area contributed by atoms with E-state index in [1.807, 2.05) is 24.3 Å². The van der Waals surface area contributed by atoms with Gasteiger partial charge in [-0.15, -0.1) is 11.3 Å². The number of nitrogens with zero attached hydrogens (tertiary/aromatic N) is 2. The van der Waals surface area contributed by atoms with E-state index in [4.69, 9.17) is 0 Å². The molecular weight excluding hydrogens is 330 g/mol. The zero-order chi connectivity index (χ0) is 17.2. The lowest BCUT2D eigenvalue weighted by Gasteiger charge is -2.22. The normalized spacial score (nSPS) is 18.0. The Bertz CT molecular complexity index is 882. The van der Waals surface area contributed by atoms with Crippen molar-refractivity contribution in [1.29, 1.82) is 0 Å². The van der Waals surface area contributed by atoms with Crippen LogP contribution in [0.4, 0.5) is 0 Å². The Morgan fingerprint density at radius 1 is 1.24 bits per heavy atom. The average molecular weight is 353 g/mol. The maximum Gasteiger partial charge on any atom is 0.261 e. The van der Waals surface area contributed by atoms with Crippen molar-refractivity contribution in [2.75, 3.05) is 19.6 Å². The Morgan fingerprint density at radius 2 is 2.12 bits per heavy atom. The van der Waals surface area contributed by atoms with Crippen LogP contribution in [0.2, 0.25) is 0 Å². The van der Waals surface area contributed by atoms with Crippen molar-refractivity contribution in [3.63, 3.8) is 0 Å². The molecule has 1 atom stereocenters. The minimum absolute atomic E-state index is 0.0377. The third-order valence-electron chi connectivity index (χ3n) is 5.06. The minimum Gasteiger partial charge on any atom is -0.350 e. The molecule has 25 heavy (non-hydrogen) atoms. The Balaban J connectivity index is 1.46. The zero-order valence-corrected chi connectivity index (χ0v) is 15.3. The summed E-state index contributed by atoms with van der Waals surface area (Å²) in [6.07, 6.45) is 4.48. The van der Waals surface area contributed by atoms with Crippen LogP contribution in [0.5, 0.6) is 0 Å². The molecule has 0 radical (unpaired) electrons. The van der Waals surface area contributed by atoms with E-state index < -0.39 is 0 Å². The summed E-state index contributed by atoms with van der Waals surface area (Å²) in [5, 5.41) is 5.40. The molecular formula is C20H23N3OS. The number of benzene rings is 1. The molecule has 0 bridgehead atoms. The van der Waals surface area contributed by atoms with Gasteiger partial charge >= 0.3 is 0 Å². The molecule has 1 N–H and O–H groups in total. The maximum atomic E-state index is 12.5. The summed E-state index contributed by atoms with van der Waals surface area (Å²) in [6, 6.07) is 14.8. The van der Waals surface area contributed by atoms with Crippen LogP contribution in [0.1, 0.15) is 29.4 Å². The zero-order valence-electron chi connectivity index (χ0n) is 14.4.